The minimum Gasteiger partial charge on any atom is -0.490 e. The Kier molecular flexibility index (Phi) is 6.55. The van der Waals surface area contributed by atoms with Gasteiger partial charge in [0.1, 0.15) is 11.4 Å². The van der Waals surface area contributed by atoms with E-state index in [0.717, 1.165) is 24.6 Å². The van der Waals surface area contributed by atoms with Crippen molar-refractivity contribution in [2.24, 2.45) is 0 Å². The van der Waals surface area contributed by atoms with Crippen LogP contribution in [0.15, 0.2) is 18.2 Å². The van der Waals surface area contributed by atoms with Crippen LogP contribution < -0.4 is 10.1 Å². The van der Waals surface area contributed by atoms with Crippen LogP contribution in [0.4, 0.5) is 8.78 Å². The molecule has 4 nitrogen and oxygen atoms in total. The van der Waals surface area contributed by atoms with Crippen molar-refractivity contribution in [1.82, 2.24) is 5.32 Å². The average molecular weight is 301 g/mol. The predicted octanol–water partition coefficient (Wildman–Crippen LogP) is 2.97. The van der Waals surface area contributed by atoms with Crippen LogP contribution in [0.1, 0.15) is 33.1 Å². The highest BCUT2D eigenvalue weighted by atomic mass is 19.1. The summed E-state index contributed by atoms with van der Waals surface area (Å²) in [5.74, 6) is -2.31. The van der Waals surface area contributed by atoms with Crippen molar-refractivity contribution in [3.63, 3.8) is 0 Å². The summed E-state index contributed by atoms with van der Waals surface area (Å²) in [7, 11) is 0. The summed E-state index contributed by atoms with van der Waals surface area (Å²) in [5.41, 5.74) is -1.04. The molecule has 1 aromatic rings. The molecular weight excluding hydrogens is 280 g/mol. The topological polar surface area (TPSA) is 58.6 Å². The maximum Gasteiger partial charge on any atom is 0.323 e. The van der Waals surface area contributed by atoms with Crippen LogP contribution in [0.3, 0.4) is 0 Å². The van der Waals surface area contributed by atoms with Gasteiger partial charge in [-0.05, 0) is 44.9 Å². The number of benzene rings is 1. The Balaban J connectivity index is 2.47. The van der Waals surface area contributed by atoms with Gasteiger partial charge in [-0.3, -0.25) is 4.79 Å². The third kappa shape index (κ3) is 5.30. The van der Waals surface area contributed by atoms with E-state index >= 15 is 0 Å². The predicted molar refractivity (Wildman–Crippen MR) is 75.4 cm³/mol. The molecule has 0 aliphatic rings. The smallest absolute Gasteiger partial charge is 0.323 e. The largest absolute Gasteiger partial charge is 0.490 e. The van der Waals surface area contributed by atoms with Gasteiger partial charge in [-0.25, -0.2) is 8.78 Å². The van der Waals surface area contributed by atoms with Gasteiger partial charge in [0.15, 0.2) is 11.6 Å². The maximum absolute atomic E-state index is 13.3. The fourth-order valence-corrected chi connectivity index (χ4v) is 1.87. The molecule has 0 amide bonds. The Labute approximate surface area is 123 Å². The first kappa shape index (κ1) is 17.4. The third-order valence-electron chi connectivity index (χ3n) is 3.21. The Hall–Kier alpha value is -1.69. The van der Waals surface area contributed by atoms with Gasteiger partial charge in [0, 0.05) is 6.07 Å². The van der Waals surface area contributed by atoms with E-state index in [1.54, 1.807) is 6.92 Å². The van der Waals surface area contributed by atoms with Gasteiger partial charge in [0.2, 0.25) is 0 Å². The van der Waals surface area contributed by atoms with E-state index in [1.165, 1.54) is 0 Å². The van der Waals surface area contributed by atoms with Crippen molar-refractivity contribution in [2.75, 3.05) is 13.2 Å². The first-order chi connectivity index (χ1) is 9.89. The fraction of sp³-hybridized carbons (Fsp3) is 0.533. The van der Waals surface area contributed by atoms with E-state index in [0.29, 0.717) is 19.4 Å². The van der Waals surface area contributed by atoms with Crippen molar-refractivity contribution >= 4 is 5.97 Å². The van der Waals surface area contributed by atoms with E-state index < -0.39 is 23.1 Å². The van der Waals surface area contributed by atoms with Crippen LogP contribution in [0, 0.1) is 11.6 Å². The molecule has 0 aliphatic carbocycles. The van der Waals surface area contributed by atoms with Crippen LogP contribution in [-0.2, 0) is 4.79 Å². The van der Waals surface area contributed by atoms with Crippen molar-refractivity contribution in [2.45, 2.75) is 38.6 Å². The summed E-state index contributed by atoms with van der Waals surface area (Å²) < 4.78 is 31.4. The van der Waals surface area contributed by atoms with Crippen LogP contribution in [0.5, 0.6) is 5.75 Å². The van der Waals surface area contributed by atoms with Gasteiger partial charge in [-0.2, -0.15) is 0 Å². The highest BCUT2D eigenvalue weighted by molar-refractivity contribution is 5.78. The number of rotatable bonds is 9. The molecule has 1 rings (SSSR count). The molecule has 2 N–H and O–H groups in total. The standard InChI is InChI=1S/C15H21F2NO3/c1-3-8-18-15(2,14(19)20)7-4-9-21-13-10-11(16)5-6-12(13)17/h5-6,10,18H,3-4,7-9H2,1-2H3,(H,19,20). The minimum atomic E-state index is -1.04. The number of nitrogens with one attached hydrogen (secondary N) is 1. The number of carbonyl (C=O) groups is 1. The van der Waals surface area contributed by atoms with E-state index in [1.807, 2.05) is 6.92 Å². The minimum absolute atomic E-state index is 0.122. The number of carboxylic acids is 1. The fourth-order valence-electron chi connectivity index (χ4n) is 1.87. The van der Waals surface area contributed by atoms with Crippen LogP contribution in [0.2, 0.25) is 0 Å². The van der Waals surface area contributed by atoms with Crippen LogP contribution >= 0.6 is 0 Å². The Bertz CT molecular complexity index is 482. The Morgan fingerprint density at radius 1 is 1.43 bits per heavy atom. The zero-order valence-corrected chi connectivity index (χ0v) is 12.3. The number of carboxylic acid groups (broad SMARTS) is 1. The molecule has 1 unspecified atom stereocenters. The lowest BCUT2D eigenvalue weighted by atomic mass is 9.96. The van der Waals surface area contributed by atoms with E-state index in [9.17, 15) is 18.7 Å². The molecule has 1 aromatic carbocycles. The second-order valence-electron chi connectivity index (χ2n) is 5.09. The molecule has 0 spiro atoms. The second kappa shape index (κ2) is 7.93. The molecule has 118 valence electrons. The summed E-state index contributed by atoms with van der Waals surface area (Å²) in [4.78, 5) is 11.3. The molecule has 0 heterocycles. The Morgan fingerprint density at radius 3 is 2.76 bits per heavy atom. The lowest BCUT2D eigenvalue weighted by molar-refractivity contribution is -0.144. The van der Waals surface area contributed by atoms with Gasteiger partial charge in [-0.1, -0.05) is 6.92 Å². The summed E-state index contributed by atoms with van der Waals surface area (Å²) in [6.07, 6.45) is 1.57. The summed E-state index contributed by atoms with van der Waals surface area (Å²) in [5, 5.41) is 12.2. The molecule has 6 heteroatoms. The van der Waals surface area contributed by atoms with Crippen LogP contribution in [-0.4, -0.2) is 29.8 Å². The van der Waals surface area contributed by atoms with Gasteiger partial charge >= 0.3 is 5.97 Å². The monoisotopic (exact) mass is 301 g/mol. The first-order valence-electron chi connectivity index (χ1n) is 6.95. The zero-order chi connectivity index (χ0) is 15.9. The molecule has 0 saturated carbocycles. The summed E-state index contributed by atoms with van der Waals surface area (Å²) in [6.45, 7) is 4.28. The lowest BCUT2D eigenvalue weighted by Gasteiger charge is -2.26. The second-order valence-corrected chi connectivity index (χ2v) is 5.09. The Morgan fingerprint density at radius 2 is 2.14 bits per heavy atom. The molecule has 0 aromatic heterocycles. The summed E-state index contributed by atoms with van der Waals surface area (Å²) in [6, 6.07) is 2.98. The van der Waals surface area contributed by atoms with Crippen molar-refractivity contribution in [3.8, 4) is 5.75 Å². The number of aliphatic carboxylic acids is 1. The summed E-state index contributed by atoms with van der Waals surface area (Å²) >= 11 is 0. The van der Waals surface area contributed by atoms with E-state index in [4.69, 9.17) is 4.74 Å². The van der Waals surface area contributed by atoms with Crippen LogP contribution in [0.25, 0.3) is 0 Å². The molecule has 0 radical (unpaired) electrons. The SMILES string of the molecule is CCCNC(C)(CCCOc1cc(F)ccc1F)C(=O)O. The van der Waals surface area contributed by atoms with Gasteiger partial charge in [-0.15, -0.1) is 0 Å². The third-order valence-corrected chi connectivity index (χ3v) is 3.21. The quantitative estimate of drug-likeness (QED) is 0.689. The lowest BCUT2D eigenvalue weighted by Crippen LogP contribution is -2.49. The van der Waals surface area contributed by atoms with Gasteiger partial charge in [0.05, 0.1) is 6.61 Å². The molecule has 21 heavy (non-hydrogen) atoms. The van der Waals surface area contributed by atoms with E-state index in [-0.39, 0.29) is 12.4 Å². The normalized spacial score (nSPS) is 13.7. The van der Waals surface area contributed by atoms with Crippen molar-refractivity contribution in [3.05, 3.63) is 29.8 Å². The molecule has 0 bridgehead atoms. The average Bonchev–Trinajstić information content (AvgIpc) is 2.44. The number of hydrogen-bond donors (Lipinski definition) is 2. The van der Waals surface area contributed by atoms with Crippen molar-refractivity contribution in [1.29, 1.82) is 0 Å². The maximum atomic E-state index is 13.3. The number of halogens is 2. The zero-order valence-electron chi connectivity index (χ0n) is 12.3. The molecule has 0 saturated heterocycles. The number of hydrogen-bond acceptors (Lipinski definition) is 3. The van der Waals surface area contributed by atoms with Gasteiger partial charge in [0.25, 0.3) is 0 Å². The van der Waals surface area contributed by atoms with E-state index in [2.05, 4.69) is 5.32 Å². The highest BCUT2D eigenvalue weighted by Crippen LogP contribution is 2.19. The molecule has 0 fully saturated rings. The highest BCUT2D eigenvalue weighted by Gasteiger charge is 2.31. The molecule has 1 atom stereocenters. The molecular formula is C15H21F2NO3. The van der Waals surface area contributed by atoms with Crippen molar-refractivity contribution < 1.29 is 23.4 Å². The first-order valence-corrected chi connectivity index (χ1v) is 6.95. The molecule has 0 aliphatic heterocycles. The number of ether oxygens (including phenoxy) is 1. The van der Waals surface area contributed by atoms with Gasteiger partial charge < -0.3 is 15.2 Å².